The third kappa shape index (κ3) is 5.60. The number of nitrogens with zero attached hydrogens (tertiary/aromatic N) is 6. The van der Waals surface area contributed by atoms with Gasteiger partial charge in [-0.2, -0.15) is 0 Å². The second-order valence-corrected chi connectivity index (χ2v) is 11.0. The molecule has 0 unspecified atom stereocenters. The number of fused-ring (bicyclic) bond motifs is 3. The zero-order valence-electron chi connectivity index (χ0n) is 23.8. The van der Waals surface area contributed by atoms with Gasteiger partial charge in [-0.15, -0.1) is 5.10 Å². The molecule has 1 amide bonds. The Hall–Kier alpha value is -4.44. The maximum atomic E-state index is 13.2. The summed E-state index contributed by atoms with van der Waals surface area (Å²) in [6.45, 7) is 2.75. The highest BCUT2D eigenvalue weighted by Gasteiger charge is 2.25. The normalized spacial score (nSPS) is 15.2. The van der Waals surface area contributed by atoms with Gasteiger partial charge in [-0.25, -0.2) is 14.6 Å². The predicted octanol–water partition coefficient (Wildman–Crippen LogP) is 3.48. The van der Waals surface area contributed by atoms with Crippen LogP contribution in [0.15, 0.2) is 54.9 Å². The number of amides is 1. The Bertz CT molecular complexity index is 1560. The first-order valence-electron chi connectivity index (χ1n) is 14.1. The molecule has 2 aromatic carbocycles. The lowest BCUT2D eigenvalue weighted by molar-refractivity contribution is 0.0910. The fourth-order valence-electron chi connectivity index (χ4n) is 5.65. The van der Waals surface area contributed by atoms with Crippen LogP contribution in [0.1, 0.15) is 39.9 Å². The van der Waals surface area contributed by atoms with E-state index in [9.17, 15) is 4.79 Å². The minimum Gasteiger partial charge on any atom is -0.497 e. The van der Waals surface area contributed by atoms with Gasteiger partial charge >= 0.3 is 0 Å². The topological polar surface area (TPSA) is 114 Å². The summed E-state index contributed by atoms with van der Waals surface area (Å²) >= 11 is 0. The molecule has 1 fully saturated rings. The van der Waals surface area contributed by atoms with Crippen molar-refractivity contribution in [2.24, 2.45) is 0 Å². The van der Waals surface area contributed by atoms with Gasteiger partial charge in [0.2, 0.25) is 0 Å². The fraction of sp³-hybridized carbons (Fsp3) is 0.355. The number of carbonyl (C=O) groups is 1. The molecule has 3 N–H and O–H groups in total. The fourth-order valence-corrected chi connectivity index (χ4v) is 5.65. The summed E-state index contributed by atoms with van der Waals surface area (Å²) in [5.74, 6) is 1.15. The zero-order chi connectivity index (χ0) is 28.5. The number of hydrogen-bond donors (Lipinski definition) is 2. The van der Waals surface area contributed by atoms with E-state index >= 15 is 0 Å². The van der Waals surface area contributed by atoms with Crippen molar-refractivity contribution in [1.29, 1.82) is 0 Å². The van der Waals surface area contributed by atoms with E-state index in [4.69, 9.17) is 15.5 Å². The SMILES string of the molecule is COc1ccc2c(c1)CCc1cnc(-n3cc(C(=O)NC4CCN(Cc5ccc(N(C)C)cc5)CC4)c(N)n3)nc1-2. The number of nitrogens with two attached hydrogens (primary N) is 1. The van der Waals surface area contributed by atoms with Crippen molar-refractivity contribution >= 4 is 17.4 Å². The van der Waals surface area contributed by atoms with E-state index in [1.54, 1.807) is 13.3 Å². The number of aryl methyl sites for hydroxylation is 2. The first kappa shape index (κ1) is 26.8. The highest BCUT2D eigenvalue weighted by atomic mass is 16.5. The summed E-state index contributed by atoms with van der Waals surface area (Å²) in [4.78, 5) is 27.1. The lowest BCUT2D eigenvalue weighted by Gasteiger charge is -2.32. The molecule has 6 rings (SSSR count). The average Bonchev–Trinajstić information content (AvgIpc) is 3.39. The largest absolute Gasteiger partial charge is 0.497 e. The third-order valence-corrected chi connectivity index (χ3v) is 8.06. The number of nitrogen functional groups attached to an aromatic ring is 1. The summed E-state index contributed by atoms with van der Waals surface area (Å²) in [6.07, 6.45) is 6.99. The van der Waals surface area contributed by atoms with Crippen LogP contribution in [0.3, 0.4) is 0 Å². The molecule has 0 saturated carbocycles. The molecule has 0 atom stereocenters. The van der Waals surface area contributed by atoms with Gasteiger partial charge in [-0.3, -0.25) is 9.69 Å². The minimum atomic E-state index is -0.220. The summed E-state index contributed by atoms with van der Waals surface area (Å²) in [5, 5.41) is 7.54. The Morgan fingerprint density at radius 2 is 1.85 bits per heavy atom. The Kier molecular flexibility index (Phi) is 7.32. The van der Waals surface area contributed by atoms with Crippen molar-refractivity contribution in [2.75, 3.05) is 44.9 Å². The van der Waals surface area contributed by atoms with Gasteiger partial charge in [0.05, 0.1) is 12.8 Å². The van der Waals surface area contributed by atoms with Crippen molar-refractivity contribution in [3.8, 4) is 23.0 Å². The van der Waals surface area contributed by atoms with Gasteiger partial charge in [0.25, 0.3) is 11.9 Å². The number of ether oxygens (including phenoxy) is 1. The molecule has 2 aliphatic rings. The van der Waals surface area contributed by atoms with Gasteiger partial charge in [0.15, 0.2) is 5.82 Å². The van der Waals surface area contributed by atoms with Crippen molar-refractivity contribution in [3.63, 3.8) is 0 Å². The number of methoxy groups -OCH3 is 1. The van der Waals surface area contributed by atoms with Gasteiger partial charge in [-0.05, 0) is 72.7 Å². The Morgan fingerprint density at radius 1 is 1.10 bits per heavy atom. The predicted molar refractivity (Wildman–Crippen MR) is 159 cm³/mol. The van der Waals surface area contributed by atoms with E-state index in [-0.39, 0.29) is 17.8 Å². The maximum absolute atomic E-state index is 13.2. The molecule has 0 spiro atoms. The maximum Gasteiger partial charge on any atom is 0.256 e. The molecule has 1 aliphatic carbocycles. The standard InChI is InChI=1S/C31H36N8O2/c1-37(2)24-8-4-20(5-9-24)18-38-14-12-23(13-15-38)34-30(40)27-19-39(36-29(27)32)31-33-17-22-7-6-21-16-25(41-3)10-11-26(21)28(22)35-31/h4-5,8-11,16-17,19,23H,6-7,12-15,18H2,1-3H3,(H2,32,36)(H,34,40). The van der Waals surface area contributed by atoms with Crippen LogP contribution in [0, 0.1) is 0 Å². The van der Waals surface area contributed by atoms with Gasteiger partial charge in [0.1, 0.15) is 11.3 Å². The van der Waals surface area contributed by atoms with Crippen molar-refractivity contribution in [1.82, 2.24) is 30.0 Å². The lowest BCUT2D eigenvalue weighted by Crippen LogP contribution is -2.44. The summed E-state index contributed by atoms with van der Waals surface area (Å²) in [5.41, 5.74) is 13.2. The van der Waals surface area contributed by atoms with E-state index in [2.05, 4.69) is 55.5 Å². The number of nitrogens with one attached hydrogen (secondary N) is 1. The molecule has 0 radical (unpaired) electrons. The summed E-state index contributed by atoms with van der Waals surface area (Å²) in [7, 11) is 5.77. The second-order valence-electron chi connectivity index (χ2n) is 11.0. The second kappa shape index (κ2) is 11.2. The van der Waals surface area contributed by atoms with E-state index in [0.717, 1.165) is 67.9 Å². The Morgan fingerprint density at radius 3 is 2.59 bits per heavy atom. The summed E-state index contributed by atoms with van der Waals surface area (Å²) < 4.78 is 6.88. The van der Waals surface area contributed by atoms with Gasteiger partial charge in [0, 0.05) is 63.4 Å². The van der Waals surface area contributed by atoms with E-state index < -0.39 is 0 Å². The van der Waals surface area contributed by atoms with Crippen LogP contribution >= 0.6 is 0 Å². The number of likely N-dealkylation sites (tertiary alicyclic amines) is 1. The van der Waals surface area contributed by atoms with Crippen LogP contribution in [-0.4, -0.2) is 70.9 Å². The molecule has 1 aliphatic heterocycles. The quantitative estimate of drug-likeness (QED) is 0.358. The number of aromatic nitrogens is 4. The molecular weight excluding hydrogens is 516 g/mol. The number of benzene rings is 2. The summed E-state index contributed by atoms with van der Waals surface area (Å²) in [6, 6.07) is 14.8. The molecule has 1 saturated heterocycles. The van der Waals surface area contributed by atoms with Crippen LogP contribution < -0.4 is 20.7 Å². The van der Waals surface area contributed by atoms with Crippen LogP contribution in [0.25, 0.3) is 17.2 Å². The number of hydrogen-bond acceptors (Lipinski definition) is 8. The highest BCUT2D eigenvalue weighted by molar-refractivity contribution is 5.98. The molecule has 0 bridgehead atoms. The van der Waals surface area contributed by atoms with Gasteiger partial charge < -0.3 is 20.7 Å². The van der Waals surface area contributed by atoms with E-state index in [1.807, 2.05) is 32.4 Å². The van der Waals surface area contributed by atoms with Crippen LogP contribution in [-0.2, 0) is 19.4 Å². The van der Waals surface area contributed by atoms with Crippen molar-refractivity contribution < 1.29 is 9.53 Å². The molecule has 10 nitrogen and oxygen atoms in total. The number of anilines is 2. The highest BCUT2D eigenvalue weighted by Crippen LogP contribution is 2.34. The molecule has 41 heavy (non-hydrogen) atoms. The zero-order valence-corrected chi connectivity index (χ0v) is 23.8. The van der Waals surface area contributed by atoms with Crippen LogP contribution in [0.5, 0.6) is 5.75 Å². The third-order valence-electron chi connectivity index (χ3n) is 8.06. The number of rotatable bonds is 7. The molecule has 10 heteroatoms. The number of piperidine rings is 1. The average molecular weight is 553 g/mol. The smallest absolute Gasteiger partial charge is 0.256 e. The molecule has 3 heterocycles. The van der Waals surface area contributed by atoms with Crippen LogP contribution in [0.2, 0.25) is 0 Å². The first-order valence-corrected chi connectivity index (χ1v) is 14.1. The number of carbonyl (C=O) groups excluding carboxylic acids is 1. The monoisotopic (exact) mass is 552 g/mol. The van der Waals surface area contributed by atoms with Crippen molar-refractivity contribution in [2.45, 2.75) is 38.3 Å². The Labute approximate surface area is 240 Å². The van der Waals surface area contributed by atoms with Crippen molar-refractivity contribution in [3.05, 3.63) is 77.1 Å². The molecule has 4 aromatic rings. The lowest BCUT2D eigenvalue weighted by atomic mass is 9.90. The first-order chi connectivity index (χ1) is 19.9. The molecule has 212 valence electrons. The van der Waals surface area contributed by atoms with E-state index in [0.29, 0.717) is 11.5 Å². The molecular formula is C31H36N8O2. The van der Waals surface area contributed by atoms with Crippen LogP contribution in [0.4, 0.5) is 11.5 Å². The minimum absolute atomic E-state index is 0.0890. The van der Waals surface area contributed by atoms with E-state index in [1.165, 1.54) is 21.5 Å². The molecule has 2 aromatic heterocycles. The Balaban J connectivity index is 1.09. The van der Waals surface area contributed by atoms with Gasteiger partial charge in [-0.1, -0.05) is 12.1 Å².